The van der Waals surface area contributed by atoms with Crippen molar-refractivity contribution >= 4 is 42.8 Å². The highest BCUT2D eigenvalue weighted by Gasteiger charge is 2.23. The van der Waals surface area contributed by atoms with E-state index in [0.717, 1.165) is 22.8 Å². The predicted octanol–water partition coefficient (Wildman–Crippen LogP) is 8.46. The summed E-state index contributed by atoms with van der Waals surface area (Å²) in [5, 5.41) is 2.56. The molecule has 0 aliphatic heterocycles. The van der Waals surface area contributed by atoms with Gasteiger partial charge in [-0.25, -0.2) is 4.98 Å². The van der Waals surface area contributed by atoms with Crippen molar-refractivity contribution < 1.29 is 0 Å². The Morgan fingerprint density at radius 2 is 1.19 bits per heavy atom. The molecule has 3 heterocycles. The molecule has 0 unspecified atom stereocenters. The Bertz CT molecular complexity index is 1450. The van der Waals surface area contributed by atoms with Crippen LogP contribution in [-0.2, 0) is 0 Å². The third-order valence-electron chi connectivity index (χ3n) is 5.78. The number of aryl methyl sites for hydroxylation is 2. The van der Waals surface area contributed by atoms with Gasteiger partial charge in [0.2, 0.25) is 0 Å². The number of aromatic amines is 1. The topological polar surface area (TPSA) is 28.7 Å². The lowest BCUT2D eigenvalue weighted by atomic mass is 10.0. The van der Waals surface area contributed by atoms with Gasteiger partial charge in [0.15, 0.2) is 0 Å². The van der Waals surface area contributed by atoms with Crippen LogP contribution in [-0.4, -0.2) is 9.97 Å². The van der Waals surface area contributed by atoms with Crippen molar-refractivity contribution in [3.05, 3.63) is 88.6 Å². The molecule has 0 amide bonds. The van der Waals surface area contributed by atoms with Gasteiger partial charge in [-0.05, 0) is 26.0 Å². The summed E-state index contributed by atoms with van der Waals surface area (Å²) in [7, 11) is 0. The van der Waals surface area contributed by atoms with E-state index in [9.17, 15) is 0 Å². The van der Waals surface area contributed by atoms with Crippen LogP contribution in [0, 0.1) is 13.8 Å². The zero-order chi connectivity index (χ0) is 20.9. The van der Waals surface area contributed by atoms with Crippen LogP contribution in [0.4, 0.5) is 0 Å². The maximum absolute atomic E-state index is 5.19. The van der Waals surface area contributed by atoms with E-state index in [1.165, 1.54) is 41.1 Å². The van der Waals surface area contributed by atoms with E-state index in [4.69, 9.17) is 4.98 Å². The fourth-order valence-electron chi connectivity index (χ4n) is 4.41. The molecule has 150 valence electrons. The second kappa shape index (κ2) is 7.19. The van der Waals surface area contributed by atoms with Gasteiger partial charge in [0.25, 0.3) is 0 Å². The lowest BCUT2D eigenvalue weighted by Crippen LogP contribution is -1.85. The molecule has 3 aromatic carbocycles. The molecule has 1 N–H and O–H groups in total. The Labute approximate surface area is 188 Å². The monoisotopic (exact) mass is 436 g/mol. The molecule has 31 heavy (non-hydrogen) atoms. The molecule has 0 aliphatic carbocycles. The fourth-order valence-corrected chi connectivity index (χ4v) is 6.54. The second-order valence-electron chi connectivity index (χ2n) is 7.73. The van der Waals surface area contributed by atoms with Crippen LogP contribution in [0.5, 0.6) is 0 Å². The molecule has 0 fully saturated rings. The minimum Gasteiger partial charge on any atom is -0.337 e. The van der Waals surface area contributed by atoms with Gasteiger partial charge in [-0.2, -0.15) is 0 Å². The van der Waals surface area contributed by atoms with Gasteiger partial charge < -0.3 is 4.98 Å². The van der Waals surface area contributed by atoms with Gasteiger partial charge in [-0.3, -0.25) is 0 Å². The van der Waals surface area contributed by atoms with Gasteiger partial charge in [-0.1, -0.05) is 66.7 Å². The van der Waals surface area contributed by atoms with Gasteiger partial charge in [-0.15, -0.1) is 22.7 Å². The summed E-state index contributed by atoms with van der Waals surface area (Å²) in [5.74, 6) is 0.912. The quantitative estimate of drug-likeness (QED) is 0.296. The molecular weight excluding hydrogens is 416 g/mol. The highest BCUT2D eigenvalue weighted by atomic mass is 32.1. The normalized spacial score (nSPS) is 11.5. The van der Waals surface area contributed by atoms with Crippen molar-refractivity contribution in [1.29, 1.82) is 0 Å². The summed E-state index contributed by atoms with van der Waals surface area (Å²) >= 11 is 3.69. The van der Waals surface area contributed by atoms with E-state index < -0.39 is 0 Å². The molecule has 6 aromatic rings. The van der Waals surface area contributed by atoms with Crippen molar-refractivity contribution in [2.45, 2.75) is 13.8 Å². The first kappa shape index (κ1) is 18.6. The largest absolute Gasteiger partial charge is 0.337 e. The number of aromatic nitrogens is 2. The molecular formula is C27H20N2S2. The Kier molecular flexibility index (Phi) is 4.30. The Morgan fingerprint density at radius 3 is 1.87 bits per heavy atom. The minimum absolute atomic E-state index is 0.912. The van der Waals surface area contributed by atoms with Crippen molar-refractivity contribution in [3.63, 3.8) is 0 Å². The van der Waals surface area contributed by atoms with Crippen molar-refractivity contribution in [2.24, 2.45) is 0 Å². The average Bonchev–Trinajstić information content (AvgIpc) is 3.45. The van der Waals surface area contributed by atoms with E-state index in [-0.39, 0.29) is 0 Å². The minimum atomic E-state index is 0.912. The lowest BCUT2D eigenvalue weighted by Gasteiger charge is -2.05. The molecule has 2 nitrogen and oxygen atoms in total. The number of imidazole rings is 1. The SMILES string of the molecule is Cc1sc2ccccc2c1-c1nc(-c2ccccc2)[nH]c1-c1c(C)sc2ccccc12. The molecule has 3 aromatic heterocycles. The molecule has 6 rings (SSSR count). The highest BCUT2D eigenvalue weighted by Crippen LogP contribution is 2.46. The van der Waals surface area contributed by atoms with Crippen molar-refractivity contribution in [2.75, 3.05) is 0 Å². The van der Waals surface area contributed by atoms with Gasteiger partial charge in [0.1, 0.15) is 5.82 Å². The molecule has 0 aliphatic rings. The second-order valence-corrected chi connectivity index (χ2v) is 10.2. The number of hydrogen-bond donors (Lipinski definition) is 1. The smallest absolute Gasteiger partial charge is 0.138 e. The zero-order valence-electron chi connectivity index (χ0n) is 17.3. The molecule has 0 saturated carbocycles. The fraction of sp³-hybridized carbons (Fsp3) is 0.0741. The van der Waals surface area contributed by atoms with Crippen LogP contribution in [0.1, 0.15) is 9.75 Å². The summed E-state index contributed by atoms with van der Waals surface area (Å²) in [6, 6.07) is 27.7. The van der Waals surface area contributed by atoms with E-state index in [1.54, 1.807) is 0 Å². The third-order valence-corrected chi connectivity index (χ3v) is 7.95. The summed E-state index contributed by atoms with van der Waals surface area (Å²) in [4.78, 5) is 11.5. The average molecular weight is 437 g/mol. The number of hydrogen-bond acceptors (Lipinski definition) is 3. The van der Waals surface area contributed by atoms with Crippen LogP contribution < -0.4 is 0 Å². The standard InChI is InChI=1S/C27H20N2S2/c1-16-23(19-12-6-8-14-21(19)30-16)25-26(29-27(28-25)18-10-4-3-5-11-18)24-17(2)31-22-15-9-7-13-20(22)24/h3-15H,1-2H3,(H,28,29). The molecule has 0 saturated heterocycles. The third kappa shape index (κ3) is 2.94. The summed E-state index contributed by atoms with van der Waals surface area (Å²) in [6.07, 6.45) is 0. The molecule has 4 heteroatoms. The van der Waals surface area contributed by atoms with E-state index in [2.05, 4.69) is 91.6 Å². The van der Waals surface area contributed by atoms with Crippen LogP contribution in [0.25, 0.3) is 54.1 Å². The van der Waals surface area contributed by atoms with Gasteiger partial charge >= 0.3 is 0 Å². The van der Waals surface area contributed by atoms with E-state index in [0.29, 0.717) is 0 Å². The number of rotatable bonds is 3. The number of nitrogens with zero attached hydrogens (tertiary/aromatic N) is 1. The van der Waals surface area contributed by atoms with E-state index >= 15 is 0 Å². The van der Waals surface area contributed by atoms with Crippen molar-refractivity contribution in [1.82, 2.24) is 9.97 Å². The first-order valence-electron chi connectivity index (χ1n) is 10.3. The maximum Gasteiger partial charge on any atom is 0.138 e. The van der Waals surface area contributed by atoms with Crippen LogP contribution >= 0.6 is 22.7 Å². The number of thiophene rings is 2. The maximum atomic E-state index is 5.19. The number of fused-ring (bicyclic) bond motifs is 2. The summed E-state index contributed by atoms with van der Waals surface area (Å²) < 4.78 is 2.61. The Hall–Kier alpha value is -3.21. The lowest BCUT2D eigenvalue weighted by molar-refractivity contribution is 1.31. The Balaban J connectivity index is 1.70. The summed E-state index contributed by atoms with van der Waals surface area (Å²) in [5.41, 5.74) is 5.76. The molecule has 0 spiro atoms. The zero-order valence-corrected chi connectivity index (χ0v) is 18.9. The Morgan fingerprint density at radius 1 is 0.645 bits per heavy atom. The molecule has 0 bridgehead atoms. The van der Waals surface area contributed by atoms with Gasteiger partial charge in [0.05, 0.1) is 11.4 Å². The predicted molar refractivity (Wildman–Crippen MR) is 135 cm³/mol. The van der Waals surface area contributed by atoms with Crippen LogP contribution in [0.2, 0.25) is 0 Å². The number of H-pyrrole nitrogens is 1. The van der Waals surface area contributed by atoms with Crippen LogP contribution in [0.15, 0.2) is 78.9 Å². The number of benzene rings is 3. The van der Waals surface area contributed by atoms with Crippen molar-refractivity contribution in [3.8, 4) is 33.9 Å². The van der Waals surface area contributed by atoms with E-state index in [1.807, 2.05) is 28.7 Å². The first-order chi connectivity index (χ1) is 15.2. The van der Waals surface area contributed by atoms with Gasteiger partial charge in [0, 0.05) is 46.6 Å². The molecule has 0 atom stereocenters. The highest BCUT2D eigenvalue weighted by molar-refractivity contribution is 7.20. The summed E-state index contributed by atoms with van der Waals surface area (Å²) in [6.45, 7) is 4.42. The molecule has 0 radical (unpaired) electrons. The van der Waals surface area contributed by atoms with Crippen LogP contribution in [0.3, 0.4) is 0 Å². The first-order valence-corrected chi connectivity index (χ1v) is 12.0. The number of nitrogens with one attached hydrogen (secondary N) is 1.